The number of aromatic nitrogens is 4. The van der Waals surface area contributed by atoms with E-state index in [1.54, 1.807) is 0 Å². The summed E-state index contributed by atoms with van der Waals surface area (Å²) in [7, 11) is -16.6. The molecule has 0 amide bonds. The Morgan fingerprint density at radius 2 is 1.91 bits per heavy atom. The number of ether oxygens (including phenoxy) is 2. The van der Waals surface area contributed by atoms with E-state index in [0.29, 0.717) is 0 Å². The van der Waals surface area contributed by atoms with Crippen LogP contribution in [0.3, 0.4) is 0 Å². The number of H-pyrrole nitrogens is 1. The molecule has 0 bridgehead atoms. The van der Waals surface area contributed by atoms with Gasteiger partial charge in [0.1, 0.15) is 12.3 Å². The molecular weight excluding hydrogens is 517 g/mol. The summed E-state index contributed by atoms with van der Waals surface area (Å²) in [5.74, 6) is -0.175. The number of rotatable bonds is 10. The Morgan fingerprint density at radius 1 is 1.21 bits per heavy atom. The molecule has 186 valence electrons. The Labute approximate surface area is 183 Å². The minimum absolute atomic E-state index is 0.0270. The van der Waals surface area contributed by atoms with Gasteiger partial charge in [-0.3, -0.25) is 18.9 Å². The van der Waals surface area contributed by atoms with Crippen molar-refractivity contribution in [1.82, 2.24) is 19.5 Å². The van der Waals surface area contributed by atoms with Gasteiger partial charge < -0.3 is 40.5 Å². The molecular formula is C11H19N6O13P3. The highest BCUT2D eigenvalue weighted by atomic mass is 31.3. The van der Waals surface area contributed by atoms with Crippen LogP contribution in [0.4, 0.5) is 5.95 Å². The van der Waals surface area contributed by atoms with E-state index in [9.17, 15) is 28.3 Å². The van der Waals surface area contributed by atoms with Crippen LogP contribution in [0.1, 0.15) is 12.6 Å². The molecule has 19 nitrogen and oxygen atoms in total. The van der Waals surface area contributed by atoms with Gasteiger partial charge in [-0.2, -0.15) is 13.6 Å². The fourth-order valence-electron chi connectivity index (χ4n) is 2.94. The fraction of sp³-hybridized carbons (Fsp3) is 0.545. The Morgan fingerprint density at radius 3 is 2.55 bits per heavy atom. The van der Waals surface area contributed by atoms with Gasteiger partial charge in [0.05, 0.1) is 25.8 Å². The van der Waals surface area contributed by atoms with Crippen molar-refractivity contribution >= 4 is 40.6 Å². The number of nitrogens with two attached hydrogens (primary N) is 2. The second kappa shape index (κ2) is 9.59. The minimum Gasteiger partial charge on any atom is -0.369 e. The molecule has 1 aliphatic rings. The molecule has 0 aromatic carbocycles. The lowest BCUT2D eigenvalue weighted by Crippen LogP contribution is -2.30. The van der Waals surface area contributed by atoms with Crippen LogP contribution in [0.5, 0.6) is 0 Å². The predicted octanol–water partition coefficient (Wildman–Crippen LogP) is -1.37. The van der Waals surface area contributed by atoms with Gasteiger partial charge in [0.15, 0.2) is 11.2 Å². The molecule has 0 aliphatic carbocycles. The smallest absolute Gasteiger partial charge is 0.369 e. The lowest BCUT2D eigenvalue weighted by molar-refractivity contribution is -0.0583. The maximum atomic E-state index is 11.9. The molecule has 3 heterocycles. The van der Waals surface area contributed by atoms with Crippen molar-refractivity contribution in [2.24, 2.45) is 5.73 Å². The molecule has 1 saturated heterocycles. The van der Waals surface area contributed by atoms with Crippen LogP contribution in [0, 0.1) is 0 Å². The van der Waals surface area contributed by atoms with E-state index in [4.69, 9.17) is 30.7 Å². The van der Waals surface area contributed by atoms with Gasteiger partial charge in [-0.1, -0.05) is 0 Å². The molecule has 2 aromatic rings. The number of anilines is 1. The van der Waals surface area contributed by atoms with Gasteiger partial charge in [-0.15, -0.1) is 0 Å². The molecule has 33 heavy (non-hydrogen) atoms. The Hall–Kier alpha value is -1.56. The zero-order valence-corrected chi connectivity index (χ0v) is 18.9. The number of aromatic amines is 1. The highest BCUT2D eigenvalue weighted by Gasteiger charge is 2.43. The van der Waals surface area contributed by atoms with Crippen LogP contribution in [-0.4, -0.2) is 64.6 Å². The van der Waals surface area contributed by atoms with Crippen LogP contribution in [0.2, 0.25) is 0 Å². The maximum Gasteiger partial charge on any atom is 0.490 e. The summed E-state index contributed by atoms with van der Waals surface area (Å²) in [5, 5.41) is 0. The highest BCUT2D eigenvalue weighted by molar-refractivity contribution is 7.66. The second-order valence-corrected chi connectivity index (χ2v) is 10.8. The standard InChI is InChI=1S/C11H19N6O13P3/c12-3-26-5-1-7(17-4-14-8-9(17)15-11(13)16-10(8)18)28-6(5)2-27-32(22,23)30-33(24,25)29-31(19,20)21/h4-7H,1-3,12H2,(H,22,23)(H,24,25)(H2,19,20,21)(H3,13,15,16,18)/t5-,6?,7-/m1/s1. The Bertz CT molecular complexity index is 1210. The van der Waals surface area contributed by atoms with E-state index in [0.717, 1.165) is 0 Å². The molecule has 3 unspecified atom stereocenters. The van der Waals surface area contributed by atoms with Gasteiger partial charge in [0.25, 0.3) is 5.56 Å². The summed E-state index contributed by atoms with van der Waals surface area (Å²) in [4.78, 5) is 58.1. The largest absolute Gasteiger partial charge is 0.490 e. The molecule has 0 radical (unpaired) electrons. The van der Waals surface area contributed by atoms with Gasteiger partial charge in [0.2, 0.25) is 5.95 Å². The third kappa shape index (κ3) is 6.74. The molecule has 22 heteroatoms. The number of phosphoric acid groups is 3. The molecule has 2 aromatic heterocycles. The average Bonchev–Trinajstić information content (AvgIpc) is 3.21. The predicted molar refractivity (Wildman–Crippen MR) is 105 cm³/mol. The molecule has 3 rings (SSSR count). The normalized spacial score (nSPS) is 25.2. The number of hydrogen-bond acceptors (Lipinski definition) is 13. The number of nitrogens with zero attached hydrogens (tertiary/aromatic N) is 3. The molecule has 0 spiro atoms. The Balaban J connectivity index is 1.73. The molecule has 5 atom stereocenters. The maximum absolute atomic E-state index is 11.9. The molecule has 1 fully saturated rings. The summed E-state index contributed by atoms with van der Waals surface area (Å²) in [6.45, 7) is -1.03. The van der Waals surface area contributed by atoms with E-state index in [1.165, 1.54) is 10.9 Å². The number of imidazole rings is 1. The average molecular weight is 536 g/mol. The zero-order valence-electron chi connectivity index (χ0n) is 16.2. The summed E-state index contributed by atoms with van der Waals surface area (Å²) < 4.78 is 58.3. The van der Waals surface area contributed by atoms with Crippen LogP contribution < -0.4 is 17.0 Å². The number of fused-ring (bicyclic) bond motifs is 1. The van der Waals surface area contributed by atoms with Crippen LogP contribution in [0.15, 0.2) is 11.1 Å². The first-order chi connectivity index (χ1) is 15.2. The van der Waals surface area contributed by atoms with E-state index >= 15 is 0 Å². The van der Waals surface area contributed by atoms with Crippen molar-refractivity contribution in [3.8, 4) is 0 Å². The van der Waals surface area contributed by atoms with Crippen molar-refractivity contribution in [3.05, 3.63) is 16.7 Å². The summed E-state index contributed by atoms with van der Waals surface area (Å²) in [6, 6.07) is 0. The number of nitrogens with one attached hydrogen (secondary N) is 1. The topological polar surface area (TPSA) is 294 Å². The van der Waals surface area contributed by atoms with Crippen molar-refractivity contribution in [2.45, 2.75) is 24.9 Å². The number of hydrogen-bond donors (Lipinski definition) is 7. The lowest BCUT2D eigenvalue weighted by atomic mass is 10.2. The highest BCUT2D eigenvalue weighted by Crippen LogP contribution is 2.66. The monoisotopic (exact) mass is 536 g/mol. The number of phosphoric ester groups is 1. The SMILES string of the molecule is NCO[C@@H]1C[C@H](n2cnc3c(=O)[nH]c(N)nc32)OC1COP(=O)(O)OP(=O)(O)OP(=O)(O)O. The Kier molecular flexibility index (Phi) is 7.57. The van der Waals surface area contributed by atoms with Gasteiger partial charge in [0, 0.05) is 6.42 Å². The van der Waals surface area contributed by atoms with E-state index < -0.39 is 54.1 Å². The quantitative estimate of drug-likeness (QED) is 0.136. The third-order valence-electron chi connectivity index (χ3n) is 4.07. The van der Waals surface area contributed by atoms with Gasteiger partial charge >= 0.3 is 23.5 Å². The summed E-state index contributed by atoms with van der Waals surface area (Å²) in [6.07, 6.45) is -1.46. The van der Waals surface area contributed by atoms with Crippen LogP contribution in [-0.2, 0) is 36.3 Å². The van der Waals surface area contributed by atoms with Gasteiger partial charge in [-0.05, 0) is 0 Å². The first-order valence-electron chi connectivity index (χ1n) is 8.67. The first-order valence-corrected chi connectivity index (χ1v) is 13.2. The van der Waals surface area contributed by atoms with E-state index in [-0.39, 0.29) is 30.3 Å². The second-order valence-electron chi connectivity index (χ2n) is 6.40. The van der Waals surface area contributed by atoms with Crippen LogP contribution >= 0.6 is 23.5 Å². The molecule has 0 saturated carbocycles. The molecule has 1 aliphatic heterocycles. The fourth-order valence-corrected chi connectivity index (χ4v) is 5.97. The summed E-state index contributed by atoms with van der Waals surface area (Å²) >= 11 is 0. The number of nitrogen functional groups attached to an aromatic ring is 1. The lowest BCUT2D eigenvalue weighted by Gasteiger charge is -2.20. The minimum atomic E-state index is -5.67. The first kappa shape index (κ1) is 26.1. The van der Waals surface area contributed by atoms with Crippen molar-refractivity contribution in [2.75, 3.05) is 19.1 Å². The third-order valence-corrected chi connectivity index (χ3v) is 7.87. The van der Waals surface area contributed by atoms with Crippen LogP contribution in [0.25, 0.3) is 11.2 Å². The zero-order chi connectivity index (χ0) is 24.6. The van der Waals surface area contributed by atoms with Gasteiger partial charge in [-0.25, -0.2) is 18.7 Å². The van der Waals surface area contributed by atoms with Crippen molar-refractivity contribution in [3.63, 3.8) is 0 Å². The van der Waals surface area contributed by atoms with Crippen molar-refractivity contribution < 1.29 is 55.9 Å². The van der Waals surface area contributed by atoms with E-state index in [2.05, 4.69) is 28.1 Å². The van der Waals surface area contributed by atoms with Crippen molar-refractivity contribution in [1.29, 1.82) is 0 Å². The molecule has 9 N–H and O–H groups in total. The summed E-state index contributed by atoms with van der Waals surface area (Å²) in [5.41, 5.74) is 10.4. The van der Waals surface area contributed by atoms with E-state index in [1.807, 2.05) is 0 Å².